The lowest BCUT2D eigenvalue weighted by atomic mass is 10.2. The molecule has 0 saturated carbocycles. The average molecular weight is 211 g/mol. The standard InChI is InChI=1S/C14H12N2/c1-11-6-7-14(15-10-11)16-9-8-12-4-2-3-5-13(12)16/h2-10H,1H3/i5D,8D,9D. The molecule has 1 aromatic carbocycles. The summed E-state index contributed by atoms with van der Waals surface area (Å²) in [7, 11) is 0. The van der Waals surface area contributed by atoms with Crippen LogP contribution in [0.5, 0.6) is 0 Å². The molecule has 0 atom stereocenters. The van der Waals surface area contributed by atoms with Gasteiger partial charge in [0.1, 0.15) is 5.82 Å². The van der Waals surface area contributed by atoms with Gasteiger partial charge in [-0.2, -0.15) is 0 Å². The van der Waals surface area contributed by atoms with Gasteiger partial charge in [0.25, 0.3) is 0 Å². The fraction of sp³-hybridized carbons (Fsp3) is 0.0714. The van der Waals surface area contributed by atoms with E-state index in [0.29, 0.717) is 22.8 Å². The first-order valence-electron chi connectivity index (χ1n) is 6.60. The molecule has 0 unspecified atom stereocenters. The molecule has 0 amide bonds. The number of fused-ring (bicyclic) bond motifs is 1. The molecule has 0 bridgehead atoms. The third-order valence-corrected chi connectivity index (χ3v) is 2.49. The summed E-state index contributed by atoms with van der Waals surface area (Å²) in [5.74, 6) is 0.568. The van der Waals surface area contributed by atoms with E-state index in [-0.39, 0.29) is 12.2 Å². The molecule has 0 aliphatic carbocycles. The van der Waals surface area contributed by atoms with Crippen molar-refractivity contribution in [3.05, 3.63) is 60.3 Å². The van der Waals surface area contributed by atoms with E-state index in [1.165, 1.54) is 0 Å². The highest BCUT2D eigenvalue weighted by molar-refractivity contribution is 5.81. The lowest BCUT2D eigenvalue weighted by Crippen LogP contribution is -1.94. The largest absolute Gasteiger partial charge is 0.301 e. The smallest absolute Gasteiger partial charge is 0.137 e. The van der Waals surface area contributed by atoms with Crippen molar-refractivity contribution in [3.63, 3.8) is 0 Å². The zero-order valence-corrected chi connectivity index (χ0v) is 8.86. The molecule has 0 spiro atoms. The second-order valence-electron chi connectivity index (χ2n) is 3.70. The van der Waals surface area contributed by atoms with Crippen molar-refractivity contribution >= 4 is 10.9 Å². The van der Waals surface area contributed by atoms with Gasteiger partial charge in [-0.25, -0.2) is 4.98 Å². The van der Waals surface area contributed by atoms with Gasteiger partial charge < -0.3 is 4.57 Å². The summed E-state index contributed by atoms with van der Waals surface area (Å²) in [6, 6.07) is 9.29. The van der Waals surface area contributed by atoms with Crippen molar-refractivity contribution in [2.45, 2.75) is 6.92 Å². The van der Waals surface area contributed by atoms with Crippen molar-refractivity contribution in [2.24, 2.45) is 0 Å². The first kappa shape index (κ1) is 6.48. The van der Waals surface area contributed by atoms with Gasteiger partial charge in [0.15, 0.2) is 0 Å². The summed E-state index contributed by atoms with van der Waals surface area (Å²) >= 11 is 0. The van der Waals surface area contributed by atoms with Crippen molar-refractivity contribution < 1.29 is 4.11 Å². The average Bonchev–Trinajstić information content (AvgIpc) is 2.66. The monoisotopic (exact) mass is 211 g/mol. The van der Waals surface area contributed by atoms with Gasteiger partial charge in [-0.1, -0.05) is 24.3 Å². The van der Waals surface area contributed by atoms with E-state index in [2.05, 4.69) is 4.98 Å². The number of aryl methyl sites for hydroxylation is 1. The van der Waals surface area contributed by atoms with Gasteiger partial charge in [0, 0.05) is 12.4 Å². The molecular formula is C14H12N2. The Morgan fingerprint density at radius 3 is 2.94 bits per heavy atom. The Labute approximate surface area is 98.4 Å². The maximum absolute atomic E-state index is 8.06. The highest BCUT2D eigenvalue weighted by atomic mass is 15.0. The Hall–Kier alpha value is -2.09. The van der Waals surface area contributed by atoms with Crippen LogP contribution in [0.4, 0.5) is 0 Å². The van der Waals surface area contributed by atoms with Crippen LogP contribution in [0.25, 0.3) is 16.7 Å². The van der Waals surface area contributed by atoms with E-state index < -0.39 is 0 Å². The fourth-order valence-corrected chi connectivity index (χ4v) is 1.65. The van der Waals surface area contributed by atoms with E-state index >= 15 is 0 Å². The van der Waals surface area contributed by atoms with Gasteiger partial charge in [-0.3, -0.25) is 0 Å². The molecule has 16 heavy (non-hydrogen) atoms. The number of para-hydroxylation sites is 1. The van der Waals surface area contributed by atoms with Crippen LogP contribution in [0.1, 0.15) is 9.68 Å². The highest BCUT2D eigenvalue weighted by Crippen LogP contribution is 2.18. The second kappa shape index (κ2) is 3.49. The van der Waals surface area contributed by atoms with Gasteiger partial charge >= 0.3 is 0 Å². The van der Waals surface area contributed by atoms with Crippen LogP contribution in [0.15, 0.2) is 54.8 Å². The van der Waals surface area contributed by atoms with Crippen LogP contribution in [-0.2, 0) is 0 Å². The van der Waals surface area contributed by atoms with Crippen LogP contribution >= 0.6 is 0 Å². The van der Waals surface area contributed by atoms with Crippen molar-refractivity contribution in [1.82, 2.24) is 9.55 Å². The molecule has 2 heteroatoms. The van der Waals surface area contributed by atoms with Crippen molar-refractivity contribution in [1.29, 1.82) is 0 Å². The van der Waals surface area contributed by atoms with Gasteiger partial charge in [-0.05, 0) is 36.0 Å². The fourth-order valence-electron chi connectivity index (χ4n) is 1.65. The summed E-state index contributed by atoms with van der Waals surface area (Å²) in [6.45, 7) is 1.94. The number of pyridine rings is 1. The number of benzene rings is 1. The topological polar surface area (TPSA) is 17.8 Å². The molecule has 0 aliphatic rings. The van der Waals surface area contributed by atoms with E-state index in [0.717, 1.165) is 5.56 Å². The molecule has 78 valence electrons. The molecule has 3 rings (SSSR count). The Balaban J connectivity index is 2.40. The van der Waals surface area contributed by atoms with E-state index in [9.17, 15) is 0 Å². The van der Waals surface area contributed by atoms with E-state index in [1.807, 2.05) is 13.0 Å². The molecule has 0 saturated heterocycles. The minimum Gasteiger partial charge on any atom is -0.301 e. The third-order valence-electron chi connectivity index (χ3n) is 2.49. The van der Waals surface area contributed by atoms with Crippen molar-refractivity contribution in [2.75, 3.05) is 0 Å². The zero-order valence-electron chi connectivity index (χ0n) is 11.9. The molecule has 2 heterocycles. The van der Waals surface area contributed by atoms with E-state index in [4.69, 9.17) is 4.11 Å². The summed E-state index contributed by atoms with van der Waals surface area (Å²) in [5.41, 5.74) is 1.60. The lowest BCUT2D eigenvalue weighted by molar-refractivity contribution is 1.04. The first-order valence-corrected chi connectivity index (χ1v) is 5.10. The molecule has 0 N–H and O–H groups in total. The number of rotatable bonds is 1. The maximum Gasteiger partial charge on any atom is 0.137 e. The summed E-state index contributed by atoms with van der Waals surface area (Å²) in [6.07, 6.45) is 1.78. The molecule has 0 aliphatic heterocycles. The second-order valence-corrected chi connectivity index (χ2v) is 3.70. The quantitative estimate of drug-likeness (QED) is 0.603. The van der Waals surface area contributed by atoms with Gasteiger partial charge in [-0.15, -0.1) is 0 Å². The van der Waals surface area contributed by atoms with Crippen LogP contribution in [0.3, 0.4) is 0 Å². The molecular weight excluding hydrogens is 196 g/mol. The number of hydrogen-bond acceptors (Lipinski definition) is 1. The van der Waals surface area contributed by atoms with Crippen LogP contribution in [0, 0.1) is 6.92 Å². The van der Waals surface area contributed by atoms with Crippen LogP contribution in [-0.4, -0.2) is 9.55 Å². The Bertz CT molecular complexity index is 760. The predicted octanol–water partition coefficient (Wildman–Crippen LogP) is 3.33. The number of nitrogens with zero attached hydrogens (tertiary/aromatic N) is 2. The van der Waals surface area contributed by atoms with Crippen LogP contribution < -0.4 is 0 Å². The third kappa shape index (κ3) is 1.39. The number of aromatic nitrogens is 2. The van der Waals surface area contributed by atoms with E-state index in [1.54, 1.807) is 35.0 Å². The Morgan fingerprint density at radius 2 is 2.12 bits per heavy atom. The Morgan fingerprint density at radius 1 is 1.19 bits per heavy atom. The van der Waals surface area contributed by atoms with Crippen molar-refractivity contribution in [3.8, 4) is 5.82 Å². The minimum absolute atomic E-state index is 0.0612. The molecule has 2 aromatic heterocycles. The molecule has 0 radical (unpaired) electrons. The summed E-state index contributed by atoms with van der Waals surface area (Å²) in [5, 5.41) is 0.611. The normalized spacial score (nSPS) is 13.4. The van der Waals surface area contributed by atoms with Gasteiger partial charge in [0.2, 0.25) is 0 Å². The van der Waals surface area contributed by atoms with Crippen LogP contribution in [0.2, 0.25) is 0 Å². The summed E-state index contributed by atoms with van der Waals surface area (Å²) < 4.78 is 25.6. The predicted molar refractivity (Wildman–Crippen MR) is 65.8 cm³/mol. The highest BCUT2D eigenvalue weighted by Gasteiger charge is 2.02. The SMILES string of the molecule is [2H]c1c([2H])n(-c2ccc(C)cn2)c2c([2H])cccc12. The zero-order chi connectivity index (χ0) is 13.6. The maximum atomic E-state index is 8.06. The molecule has 2 nitrogen and oxygen atoms in total. The Kier molecular flexibility index (Phi) is 1.41. The summed E-state index contributed by atoms with van der Waals surface area (Å²) in [4.78, 5) is 4.29. The number of hydrogen-bond donors (Lipinski definition) is 0. The first-order chi connectivity index (χ1) is 9.09. The molecule has 0 fully saturated rings. The minimum atomic E-state index is 0.0612. The van der Waals surface area contributed by atoms with Gasteiger partial charge in [0.05, 0.1) is 9.63 Å². The molecule has 3 aromatic rings. The lowest BCUT2D eigenvalue weighted by Gasteiger charge is -2.04.